The van der Waals surface area contributed by atoms with Crippen molar-refractivity contribution >= 4 is 11.7 Å². The van der Waals surface area contributed by atoms with Crippen molar-refractivity contribution in [3.63, 3.8) is 0 Å². The Labute approximate surface area is 83.1 Å². The summed E-state index contributed by atoms with van der Waals surface area (Å²) in [5.74, 6) is -0.215. The number of carbonyl (C=O) groups excluding carboxylic acids is 1. The lowest BCUT2D eigenvalue weighted by Gasteiger charge is -2.06. The van der Waals surface area contributed by atoms with E-state index in [4.69, 9.17) is 4.74 Å². The quantitative estimate of drug-likeness (QED) is 0.725. The van der Waals surface area contributed by atoms with Gasteiger partial charge in [-0.1, -0.05) is 6.07 Å². The van der Waals surface area contributed by atoms with Crippen LogP contribution in [0.3, 0.4) is 0 Å². The first-order chi connectivity index (χ1) is 6.83. The second kappa shape index (κ2) is 3.70. The first-order valence-corrected chi connectivity index (χ1v) is 4.86. The van der Waals surface area contributed by atoms with Crippen molar-refractivity contribution in [1.29, 1.82) is 0 Å². The van der Waals surface area contributed by atoms with E-state index in [1.54, 1.807) is 0 Å². The average molecular weight is 191 g/mol. The van der Waals surface area contributed by atoms with Gasteiger partial charge in [-0.05, 0) is 31.0 Å². The van der Waals surface area contributed by atoms with Crippen molar-refractivity contribution in [2.24, 2.45) is 0 Å². The monoisotopic (exact) mass is 191 g/mol. The Bertz CT molecular complexity index is 360. The maximum Gasteiger partial charge on any atom is 0.338 e. The molecule has 0 aromatic heterocycles. The molecule has 1 aromatic carbocycles. The first kappa shape index (κ1) is 9.06. The number of carbonyl (C=O) groups is 1. The van der Waals surface area contributed by atoms with Crippen molar-refractivity contribution < 1.29 is 9.53 Å². The fraction of sp³-hybridized carbons (Fsp3) is 0.364. The summed E-state index contributed by atoms with van der Waals surface area (Å²) >= 11 is 0. The fourth-order valence-corrected chi connectivity index (χ4v) is 1.74. The van der Waals surface area contributed by atoms with Gasteiger partial charge in [0, 0.05) is 12.2 Å². The number of ether oxygens (including phenoxy) is 1. The average Bonchev–Trinajstić information content (AvgIpc) is 2.65. The highest BCUT2D eigenvalue weighted by atomic mass is 16.5. The van der Waals surface area contributed by atoms with E-state index in [-0.39, 0.29) is 5.97 Å². The van der Waals surface area contributed by atoms with Crippen molar-refractivity contribution in [3.05, 3.63) is 29.3 Å². The Morgan fingerprint density at radius 2 is 2.43 bits per heavy atom. The molecule has 0 spiro atoms. The molecule has 0 atom stereocenters. The molecular weight excluding hydrogens is 178 g/mol. The molecule has 14 heavy (non-hydrogen) atoms. The maximum absolute atomic E-state index is 11.6. The van der Waals surface area contributed by atoms with E-state index in [0.717, 1.165) is 24.2 Å². The van der Waals surface area contributed by atoms with Crippen LogP contribution in [-0.4, -0.2) is 19.1 Å². The minimum absolute atomic E-state index is 0.215. The van der Waals surface area contributed by atoms with Crippen LogP contribution in [0.15, 0.2) is 18.2 Å². The molecule has 0 fully saturated rings. The van der Waals surface area contributed by atoms with Gasteiger partial charge in [0.15, 0.2) is 0 Å². The molecule has 0 bridgehead atoms. The predicted octanol–water partition coefficient (Wildman–Crippen LogP) is 1.83. The molecule has 3 heteroatoms. The Morgan fingerprint density at radius 3 is 3.21 bits per heavy atom. The van der Waals surface area contributed by atoms with Crippen molar-refractivity contribution in [3.8, 4) is 0 Å². The van der Waals surface area contributed by atoms with Crippen LogP contribution >= 0.6 is 0 Å². The lowest BCUT2D eigenvalue weighted by atomic mass is 10.1. The topological polar surface area (TPSA) is 38.3 Å². The summed E-state index contributed by atoms with van der Waals surface area (Å²) in [6.45, 7) is 3.15. The second-order valence-corrected chi connectivity index (χ2v) is 3.23. The molecule has 1 aliphatic heterocycles. The normalized spacial score (nSPS) is 13.2. The predicted molar refractivity (Wildman–Crippen MR) is 54.6 cm³/mol. The van der Waals surface area contributed by atoms with Gasteiger partial charge in [-0.15, -0.1) is 0 Å². The summed E-state index contributed by atoms with van der Waals surface area (Å²) in [6.07, 6.45) is 0.907. The Hall–Kier alpha value is -1.51. The summed E-state index contributed by atoms with van der Waals surface area (Å²) < 4.78 is 4.99. The van der Waals surface area contributed by atoms with Gasteiger partial charge in [0.1, 0.15) is 0 Å². The zero-order valence-corrected chi connectivity index (χ0v) is 8.17. The molecule has 1 N–H and O–H groups in total. The molecule has 1 heterocycles. The van der Waals surface area contributed by atoms with E-state index < -0.39 is 0 Å². The van der Waals surface area contributed by atoms with Gasteiger partial charge in [0.25, 0.3) is 0 Å². The van der Waals surface area contributed by atoms with E-state index in [1.807, 2.05) is 25.1 Å². The highest BCUT2D eigenvalue weighted by molar-refractivity contribution is 5.93. The number of hydrogen-bond acceptors (Lipinski definition) is 3. The van der Waals surface area contributed by atoms with Gasteiger partial charge in [0.05, 0.1) is 12.2 Å². The van der Waals surface area contributed by atoms with Gasteiger partial charge in [-0.25, -0.2) is 4.79 Å². The highest BCUT2D eigenvalue weighted by Gasteiger charge is 2.18. The zero-order chi connectivity index (χ0) is 9.97. The van der Waals surface area contributed by atoms with Crippen LogP contribution < -0.4 is 5.32 Å². The Morgan fingerprint density at radius 1 is 1.57 bits per heavy atom. The number of nitrogens with one attached hydrogen (secondary N) is 1. The zero-order valence-electron chi connectivity index (χ0n) is 8.17. The third-order valence-electron chi connectivity index (χ3n) is 2.36. The maximum atomic E-state index is 11.6. The molecular formula is C11H13NO2. The lowest BCUT2D eigenvalue weighted by Crippen LogP contribution is -2.07. The third-order valence-corrected chi connectivity index (χ3v) is 2.36. The molecule has 1 aliphatic rings. The van der Waals surface area contributed by atoms with Crippen LogP contribution in [0.5, 0.6) is 0 Å². The number of rotatable bonds is 2. The summed E-state index contributed by atoms with van der Waals surface area (Å²) in [5, 5.41) is 3.23. The molecule has 0 saturated carbocycles. The third kappa shape index (κ3) is 1.45. The minimum atomic E-state index is -0.215. The molecule has 0 unspecified atom stereocenters. The van der Waals surface area contributed by atoms with Crippen LogP contribution in [0.4, 0.5) is 5.69 Å². The molecule has 0 saturated heterocycles. The standard InChI is InChI=1S/C11H13NO2/c1-2-14-11(13)9-4-3-5-10-8(9)6-7-12-10/h3-5,12H,2,6-7H2,1H3. The van der Waals surface area contributed by atoms with Gasteiger partial charge in [-0.2, -0.15) is 0 Å². The number of hydrogen-bond donors (Lipinski definition) is 1. The SMILES string of the molecule is CCOC(=O)c1cccc2c1CCN2. The van der Waals surface area contributed by atoms with Crippen LogP contribution in [0.25, 0.3) is 0 Å². The van der Waals surface area contributed by atoms with Gasteiger partial charge >= 0.3 is 5.97 Å². The molecule has 74 valence electrons. The van der Waals surface area contributed by atoms with E-state index in [1.165, 1.54) is 0 Å². The number of anilines is 1. The summed E-state index contributed by atoms with van der Waals surface area (Å²) in [4.78, 5) is 11.6. The summed E-state index contributed by atoms with van der Waals surface area (Å²) in [5.41, 5.74) is 2.86. The first-order valence-electron chi connectivity index (χ1n) is 4.86. The number of esters is 1. The van der Waals surface area contributed by atoms with Gasteiger partial charge in [-0.3, -0.25) is 0 Å². The largest absolute Gasteiger partial charge is 0.462 e. The van der Waals surface area contributed by atoms with Crippen LogP contribution in [0.2, 0.25) is 0 Å². The van der Waals surface area contributed by atoms with Crippen molar-refractivity contribution in [2.45, 2.75) is 13.3 Å². The van der Waals surface area contributed by atoms with E-state index in [9.17, 15) is 4.79 Å². The fourth-order valence-electron chi connectivity index (χ4n) is 1.74. The van der Waals surface area contributed by atoms with Gasteiger partial charge < -0.3 is 10.1 Å². The Kier molecular flexibility index (Phi) is 2.39. The molecule has 3 nitrogen and oxygen atoms in total. The number of benzene rings is 1. The van der Waals surface area contributed by atoms with Gasteiger partial charge in [0.2, 0.25) is 0 Å². The molecule has 0 radical (unpaired) electrons. The van der Waals surface area contributed by atoms with E-state index in [0.29, 0.717) is 12.2 Å². The van der Waals surface area contributed by atoms with Crippen LogP contribution in [0, 0.1) is 0 Å². The molecule has 2 rings (SSSR count). The Balaban J connectivity index is 2.34. The van der Waals surface area contributed by atoms with Crippen LogP contribution in [-0.2, 0) is 11.2 Å². The smallest absolute Gasteiger partial charge is 0.338 e. The number of fused-ring (bicyclic) bond motifs is 1. The molecule has 1 aromatic rings. The van der Waals surface area contributed by atoms with Crippen molar-refractivity contribution in [1.82, 2.24) is 0 Å². The summed E-state index contributed by atoms with van der Waals surface area (Å²) in [7, 11) is 0. The lowest BCUT2D eigenvalue weighted by molar-refractivity contribution is 0.0525. The highest BCUT2D eigenvalue weighted by Crippen LogP contribution is 2.25. The van der Waals surface area contributed by atoms with Crippen LogP contribution in [0.1, 0.15) is 22.8 Å². The summed E-state index contributed by atoms with van der Waals surface area (Å²) in [6, 6.07) is 5.69. The van der Waals surface area contributed by atoms with E-state index >= 15 is 0 Å². The molecule has 0 aliphatic carbocycles. The second-order valence-electron chi connectivity index (χ2n) is 3.23. The minimum Gasteiger partial charge on any atom is -0.462 e. The van der Waals surface area contributed by atoms with E-state index in [2.05, 4.69) is 5.32 Å². The van der Waals surface area contributed by atoms with Crippen molar-refractivity contribution in [2.75, 3.05) is 18.5 Å². The molecule has 0 amide bonds.